The molecule has 1 saturated heterocycles. The molecule has 0 spiro atoms. The van der Waals surface area contributed by atoms with Crippen LogP contribution in [0.5, 0.6) is 0 Å². The molecule has 1 unspecified atom stereocenters. The fourth-order valence-corrected chi connectivity index (χ4v) is 5.94. The van der Waals surface area contributed by atoms with Crippen molar-refractivity contribution in [2.45, 2.75) is 30.7 Å². The van der Waals surface area contributed by atoms with Gasteiger partial charge in [-0.05, 0) is 19.4 Å². The second kappa shape index (κ2) is 5.64. The van der Waals surface area contributed by atoms with E-state index in [4.69, 9.17) is 0 Å². The summed E-state index contributed by atoms with van der Waals surface area (Å²) >= 11 is 1.48. The SMILES string of the molecule is Cc1sc2ccccc2c1S(=O)(=O)NC1CCC(=O)N(C)C1. The minimum atomic E-state index is -3.59. The lowest BCUT2D eigenvalue weighted by atomic mass is 10.1. The van der Waals surface area contributed by atoms with Gasteiger partial charge >= 0.3 is 0 Å². The zero-order valence-corrected chi connectivity index (χ0v) is 14.1. The van der Waals surface area contributed by atoms with Gasteiger partial charge in [-0.15, -0.1) is 11.3 Å². The molecule has 1 amide bonds. The fourth-order valence-electron chi connectivity index (χ4n) is 2.86. The first-order chi connectivity index (χ1) is 10.4. The van der Waals surface area contributed by atoms with Gasteiger partial charge in [-0.3, -0.25) is 4.79 Å². The number of thiophene rings is 1. The van der Waals surface area contributed by atoms with Crippen LogP contribution in [0.4, 0.5) is 0 Å². The van der Waals surface area contributed by atoms with Crippen LogP contribution in [0.25, 0.3) is 10.1 Å². The molecule has 1 N–H and O–H groups in total. The number of carbonyl (C=O) groups is 1. The van der Waals surface area contributed by atoms with Crippen molar-refractivity contribution < 1.29 is 13.2 Å². The van der Waals surface area contributed by atoms with Crippen LogP contribution < -0.4 is 4.72 Å². The Kier molecular flexibility index (Phi) is 3.96. The molecule has 0 aliphatic carbocycles. The van der Waals surface area contributed by atoms with Crippen LogP contribution in [-0.4, -0.2) is 38.9 Å². The van der Waals surface area contributed by atoms with Gasteiger partial charge in [0.25, 0.3) is 0 Å². The van der Waals surface area contributed by atoms with Gasteiger partial charge in [-0.25, -0.2) is 13.1 Å². The molecule has 5 nitrogen and oxygen atoms in total. The Bertz CT molecular complexity index is 826. The highest BCUT2D eigenvalue weighted by atomic mass is 32.2. The van der Waals surface area contributed by atoms with Gasteiger partial charge in [-0.1, -0.05) is 18.2 Å². The van der Waals surface area contributed by atoms with E-state index in [0.29, 0.717) is 24.3 Å². The molecular weight excluding hydrogens is 320 g/mol. The number of fused-ring (bicyclic) bond motifs is 1. The van der Waals surface area contributed by atoms with E-state index in [-0.39, 0.29) is 11.9 Å². The average molecular weight is 338 g/mol. The zero-order valence-electron chi connectivity index (χ0n) is 12.5. The Hall–Kier alpha value is -1.44. The number of hydrogen-bond donors (Lipinski definition) is 1. The maximum Gasteiger partial charge on any atom is 0.242 e. The minimum absolute atomic E-state index is 0.0626. The number of hydrogen-bond acceptors (Lipinski definition) is 4. The third-order valence-electron chi connectivity index (χ3n) is 3.93. The molecule has 1 fully saturated rings. The first-order valence-corrected chi connectivity index (χ1v) is 9.43. The lowest BCUT2D eigenvalue weighted by Crippen LogP contribution is -2.48. The monoisotopic (exact) mass is 338 g/mol. The largest absolute Gasteiger partial charge is 0.344 e. The smallest absolute Gasteiger partial charge is 0.242 e. The Labute approximate surface area is 134 Å². The summed E-state index contributed by atoms with van der Waals surface area (Å²) in [6.07, 6.45) is 0.927. The summed E-state index contributed by atoms with van der Waals surface area (Å²) in [4.78, 5) is 14.2. The second-order valence-corrected chi connectivity index (χ2v) is 8.52. The maximum absolute atomic E-state index is 12.8. The van der Waals surface area contributed by atoms with Crippen molar-refractivity contribution in [3.05, 3.63) is 29.1 Å². The van der Waals surface area contributed by atoms with Crippen molar-refractivity contribution in [3.8, 4) is 0 Å². The lowest BCUT2D eigenvalue weighted by Gasteiger charge is -2.29. The number of piperidine rings is 1. The first-order valence-electron chi connectivity index (χ1n) is 7.13. The number of nitrogens with one attached hydrogen (secondary N) is 1. The van der Waals surface area contributed by atoms with Crippen molar-refractivity contribution in [1.29, 1.82) is 0 Å². The summed E-state index contributed by atoms with van der Waals surface area (Å²) in [7, 11) is -1.89. The van der Waals surface area contributed by atoms with Crippen molar-refractivity contribution in [2.24, 2.45) is 0 Å². The normalized spacial score (nSPS) is 19.8. The third-order valence-corrected chi connectivity index (χ3v) is 6.85. The molecule has 1 aromatic carbocycles. The number of likely N-dealkylation sites (N-methyl/N-ethyl adjacent to an activating group) is 1. The molecule has 0 saturated carbocycles. The molecule has 1 atom stereocenters. The van der Waals surface area contributed by atoms with Gasteiger partial charge in [0.2, 0.25) is 15.9 Å². The van der Waals surface area contributed by atoms with E-state index in [0.717, 1.165) is 15.0 Å². The molecule has 0 bridgehead atoms. The van der Waals surface area contributed by atoms with E-state index < -0.39 is 10.0 Å². The first kappa shape index (κ1) is 15.5. The van der Waals surface area contributed by atoms with E-state index in [1.807, 2.05) is 31.2 Å². The highest BCUT2D eigenvalue weighted by Gasteiger charge is 2.29. The van der Waals surface area contributed by atoms with E-state index in [9.17, 15) is 13.2 Å². The third kappa shape index (κ3) is 2.76. The van der Waals surface area contributed by atoms with Crippen LogP contribution in [0.1, 0.15) is 17.7 Å². The molecule has 118 valence electrons. The number of rotatable bonds is 3. The van der Waals surface area contributed by atoms with E-state index in [1.54, 1.807) is 11.9 Å². The van der Waals surface area contributed by atoms with E-state index >= 15 is 0 Å². The summed E-state index contributed by atoms with van der Waals surface area (Å²) < 4.78 is 29.3. The number of aryl methyl sites for hydroxylation is 1. The van der Waals surface area contributed by atoms with Crippen molar-refractivity contribution in [2.75, 3.05) is 13.6 Å². The number of carbonyl (C=O) groups excluding carboxylic acids is 1. The molecule has 2 aromatic rings. The topological polar surface area (TPSA) is 66.5 Å². The molecule has 3 rings (SSSR count). The van der Waals surface area contributed by atoms with E-state index in [2.05, 4.69) is 4.72 Å². The lowest BCUT2D eigenvalue weighted by molar-refractivity contribution is -0.132. The van der Waals surface area contributed by atoms with Crippen molar-refractivity contribution in [3.63, 3.8) is 0 Å². The summed E-state index contributed by atoms with van der Waals surface area (Å²) in [5.74, 6) is 0.0626. The summed E-state index contributed by atoms with van der Waals surface area (Å²) in [5, 5.41) is 0.762. The average Bonchev–Trinajstić information content (AvgIpc) is 2.79. The molecule has 2 heterocycles. The van der Waals surface area contributed by atoms with Crippen LogP contribution in [0, 0.1) is 6.92 Å². The van der Waals surface area contributed by atoms with Gasteiger partial charge in [0.1, 0.15) is 4.90 Å². The Balaban J connectivity index is 1.92. The number of benzene rings is 1. The Morgan fingerprint density at radius 3 is 2.77 bits per heavy atom. The van der Waals surface area contributed by atoms with Crippen LogP contribution in [0.3, 0.4) is 0 Å². The summed E-state index contributed by atoms with van der Waals surface area (Å²) in [5.41, 5.74) is 0. The van der Waals surface area contributed by atoms with Crippen LogP contribution in [0.15, 0.2) is 29.2 Å². The standard InChI is InChI=1S/C15H18N2O3S2/c1-10-15(12-5-3-4-6-13(12)21-10)22(19,20)16-11-7-8-14(18)17(2)9-11/h3-6,11,16H,7-9H2,1-2H3. The quantitative estimate of drug-likeness (QED) is 0.932. The Morgan fingerprint density at radius 1 is 1.32 bits per heavy atom. The number of nitrogens with zero attached hydrogens (tertiary/aromatic N) is 1. The fraction of sp³-hybridized carbons (Fsp3) is 0.400. The van der Waals surface area contributed by atoms with Gasteiger partial charge in [0, 0.05) is 41.0 Å². The molecule has 1 aliphatic heterocycles. The minimum Gasteiger partial charge on any atom is -0.344 e. The molecule has 22 heavy (non-hydrogen) atoms. The predicted octanol–water partition coefficient (Wildman–Crippen LogP) is 2.11. The van der Waals surface area contributed by atoms with Crippen molar-refractivity contribution >= 4 is 37.4 Å². The van der Waals surface area contributed by atoms with Crippen LogP contribution >= 0.6 is 11.3 Å². The van der Waals surface area contributed by atoms with Crippen LogP contribution in [0.2, 0.25) is 0 Å². The van der Waals surface area contributed by atoms with Gasteiger partial charge < -0.3 is 4.90 Å². The second-order valence-electron chi connectivity index (χ2n) is 5.61. The van der Waals surface area contributed by atoms with Gasteiger partial charge in [0.15, 0.2) is 0 Å². The van der Waals surface area contributed by atoms with Crippen LogP contribution in [-0.2, 0) is 14.8 Å². The zero-order chi connectivity index (χ0) is 15.9. The number of amides is 1. The van der Waals surface area contributed by atoms with Gasteiger partial charge in [-0.2, -0.15) is 0 Å². The predicted molar refractivity (Wildman–Crippen MR) is 87.5 cm³/mol. The van der Waals surface area contributed by atoms with E-state index in [1.165, 1.54) is 11.3 Å². The number of likely N-dealkylation sites (tertiary alicyclic amines) is 1. The van der Waals surface area contributed by atoms with Gasteiger partial charge in [0.05, 0.1) is 0 Å². The Morgan fingerprint density at radius 2 is 2.05 bits per heavy atom. The molecular formula is C15H18N2O3S2. The molecule has 1 aromatic heterocycles. The summed E-state index contributed by atoms with van der Waals surface area (Å²) in [6.45, 7) is 2.24. The molecule has 1 aliphatic rings. The molecule has 0 radical (unpaired) electrons. The molecule has 7 heteroatoms. The maximum atomic E-state index is 12.8. The highest BCUT2D eigenvalue weighted by molar-refractivity contribution is 7.90. The number of sulfonamides is 1. The highest BCUT2D eigenvalue weighted by Crippen LogP contribution is 2.34. The summed E-state index contributed by atoms with van der Waals surface area (Å²) in [6, 6.07) is 7.29. The van der Waals surface area contributed by atoms with Crippen molar-refractivity contribution in [1.82, 2.24) is 9.62 Å².